The van der Waals surface area contributed by atoms with Crippen LogP contribution in [-0.4, -0.2) is 25.1 Å². The molecule has 0 radical (unpaired) electrons. The molecule has 1 unspecified atom stereocenters. The van der Waals surface area contributed by atoms with Crippen LogP contribution >= 0.6 is 0 Å². The van der Waals surface area contributed by atoms with Crippen LogP contribution < -0.4 is 10.6 Å². The van der Waals surface area contributed by atoms with Gasteiger partial charge in [0.15, 0.2) is 5.82 Å². The van der Waals surface area contributed by atoms with Crippen LogP contribution in [0.25, 0.3) is 0 Å². The van der Waals surface area contributed by atoms with Crippen LogP contribution in [0.4, 0.5) is 26.5 Å². The van der Waals surface area contributed by atoms with Crippen LogP contribution in [-0.2, 0) is 0 Å². The summed E-state index contributed by atoms with van der Waals surface area (Å²) < 4.78 is 26.9. The molecule has 4 rings (SSSR count). The molecular weight excluding hydrogens is 340 g/mol. The van der Waals surface area contributed by atoms with Gasteiger partial charge in [-0.05, 0) is 25.8 Å². The predicted molar refractivity (Wildman–Crippen MR) is 92.1 cm³/mol. The van der Waals surface area contributed by atoms with Crippen LogP contribution in [0.1, 0.15) is 43.0 Å². The maximum absolute atomic E-state index is 13.9. The lowest BCUT2D eigenvalue weighted by Crippen LogP contribution is -2.12. The van der Waals surface area contributed by atoms with Crippen LogP contribution in [0.15, 0.2) is 30.6 Å². The van der Waals surface area contributed by atoms with Crippen LogP contribution in [0.5, 0.6) is 0 Å². The second-order valence-electron chi connectivity index (χ2n) is 6.27. The first-order valence-corrected chi connectivity index (χ1v) is 8.31. The topological polar surface area (TPSA) is 91.4 Å². The summed E-state index contributed by atoms with van der Waals surface area (Å²) in [6.07, 6.45) is 3.71. The third-order valence-corrected chi connectivity index (χ3v) is 4.20. The van der Waals surface area contributed by atoms with Crippen LogP contribution in [0.3, 0.4) is 0 Å². The predicted octanol–water partition coefficient (Wildman–Crippen LogP) is 3.67. The SMILES string of the molecule is CC(Nc1ncnc(Nc2cc(C3CC3)[nH]n2)n1)c1ccc(F)cc1F. The summed E-state index contributed by atoms with van der Waals surface area (Å²) in [6.45, 7) is 1.74. The van der Waals surface area contributed by atoms with Crippen molar-refractivity contribution in [2.45, 2.75) is 31.7 Å². The largest absolute Gasteiger partial charge is 0.347 e. The molecule has 9 heteroatoms. The van der Waals surface area contributed by atoms with Crippen molar-refractivity contribution in [3.05, 3.63) is 53.5 Å². The van der Waals surface area contributed by atoms with Gasteiger partial charge in [-0.3, -0.25) is 5.10 Å². The van der Waals surface area contributed by atoms with Gasteiger partial charge in [0.25, 0.3) is 0 Å². The Hall–Kier alpha value is -3.10. The Balaban J connectivity index is 1.46. The quantitative estimate of drug-likeness (QED) is 0.623. The average molecular weight is 357 g/mol. The van der Waals surface area contributed by atoms with E-state index in [2.05, 4.69) is 35.8 Å². The number of hydrogen-bond donors (Lipinski definition) is 3. The van der Waals surface area contributed by atoms with Crippen LogP contribution in [0, 0.1) is 11.6 Å². The van der Waals surface area contributed by atoms with Crippen molar-refractivity contribution in [1.29, 1.82) is 0 Å². The fourth-order valence-corrected chi connectivity index (χ4v) is 2.67. The fraction of sp³-hybridized carbons (Fsp3) is 0.294. The van der Waals surface area contributed by atoms with E-state index < -0.39 is 17.7 Å². The van der Waals surface area contributed by atoms with Gasteiger partial charge < -0.3 is 10.6 Å². The van der Waals surface area contributed by atoms with E-state index in [9.17, 15) is 8.78 Å². The summed E-state index contributed by atoms with van der Waals surface area (Å²) in [5, 5.41) is 13.2. The molecule has 1 fully saturated rings. The van der Waals surface area contributed by atoms with Gasteiger partial charge in [-0.25, -0.2) is 18.7 Å². The van der Waals surface area contributed by atoms with Gasteiger partial charge in [-0.2, -0.15) is 10.1 Å². The molecule has 2 heterocycles. The first-order chi connectivity index (χ1) is 12.6. The van der Waals surface area contributed by atoms with Gasteiger partial charge in [0.1, 0.15) is 18.0 Å². The lowest BCUT2D eigenvalue weighted by Gasteiger charge is -2.15. The number of benzene rings is 1. The number of aromatic amines is 1. The summed E-state index contributed by atoms with van der Waals surface area (Å²) >= 11 is 0. The van der Waals surface area contributed by atoms with E-state index in [1.165, 1.54) is 31.3 Å². The number of H-pyrrole nitrogens is 1. The molecule has 0 spiro atoms. The number of aromatic nitrogens is 5. The van der Waals surface area contributed by atoms with Gasteiger partial charge in [-0.1, -0.05) is 6.07 Å². The van der Waals surface area contributed by atoms with Gasteiger partial charge in [0, 0.05) is 29.3 Å². The highest BCUT2D eigenvalue weighted by Crippen LogP contribution is 2.39. The van der Waals surface area contributed by atoms with Crippen molar-refractivity contribution in [2.24, 2.45) is 0 Å². The first kappa shape index (κ1) is 16.4. The Morgan fingerprint density at radius 2 is 1.96 bits per heavy atom. The van der Waals surface area contributed by atoms with E-state index in [0.717, 1.165) is 11.8 Å². The first-order valence-electron chi connectivity index (χ1n) is 8.31. The van der Waals surface area contributed by atoms with E-state index in [4.69, 9.17) is 0 Å². The third-order valence-electron chi connectivity index (χ3n) is 4.20. The van der Waals surface area contributed by atoms with E-state index in [1.54, 1.807) is 6.92 Å². The molecule has 0 saturated heterocycles. The maximum atomic E-state index is 13.9. The third kappa shape index (κ3) is 3.61. The average Bonchev–Trinajstić information content (AvgIpc) is 3.35. The Bertz CT molecular complexity index is 923. The molecule has 2 aromatic heterocycles. The smallest absolute Gasteiger partial charge is 0.233 e. The molecule has 1 saturated carbocycles. The summed E-state index contributed by atoms with van der Waals surface area (Å²) in [6, 6.07) is 4.95. The van der Waals surface area contributed by atoms with Crippen molar-refractivity contribution in [1.82, 2.24) is 25.1 Å². The van der Waals surface area contributed by atoms with E-state index in [-0.39, 0.29) is 5.95 Å². The molecule has 1 aliphatic rings. The number of rotatable bonds is 6. The number of anilines is 3. The van der Waals surface area contributed by atoms with Gasteiger partial charge >= 0.3 is 0 Å². The standard InChI is InChI=1S/C17H17F2N7/c1-9(12-5-4-11(18)6-13(12)19)22-16-20-8-21-17(24-16)23-15-7-14(25-26-15)10-2-3-10/h4-10H,2-3H2,1H3,(H3,20,21,22,23,24,25,26). The highest BCUT2D eigenvalue weighted by Gasteiger charge is 2.25. The lowest BCUT2D eigenvalue weighted by atomic mass is 10.1. The maximum Gasteiger partial charge on any atom is 0.233 e. The van der Waals surface area contributed by atoms with Crippen molar-refractivity contribution in [3.8, 4) is 0 Å². The van der Waals surface area contributed by atoms with Crippen molar-refractivity contribution in [3.63, 3.8) is 0 Å². The Labute approximate surface area is 148 Å². The van der Waals surface area contributed by atoms with Gasteiger partial charge in [0.05, 0.1) is 6.04 Å². The molecule has 7 nitrogen and oxygen atoms in total. The normalized spacial score (nSPS) is 14.9. The second-order valence-corrected chi connectivity index (χ2v) is 6.27. The van der Waals surface area contributed by atoms with Gasteiger partial charge in [-0.15, -0.1) is 0 Å². The molecule has 0 amide bonds. The number of halogens is 2. The van der Waals surface area contributed by atoms with Crippen molar-refractivity contribution >= 4 is 17.7 Å². The van der Waals surface area contributed by atoms with Crippen LogP contribution in [0.2, 0.25) is 0 Å². The summed E-state index contributed by atoms with van der Waals surface area (Å²) in [5.74, 6) is 0.553. The number of nitrogens with zero attached hydrogens (tertiary/aromatic N) is 4. The zero-order chi connectivity index (χ0) is 18.1. The minimum atomic E-state index is -0.624. The molecule has 0 bridgehead atoms. The van der Waals surface area contributed by atoms with E-state index >= 15 is 0 Å². The molecule has 1 aromatic carbocycles. The minimum absolute atomic E-state index is 0.275. The van der Waals surface area contributed by atoms with E-state index in [0.29, 0.717) is 23.2 Å². The van der Waals surface area contributed by atoms with E-state index in [1.807, 2.05) is 6.07 Å². The zero-order valence-electron chi connectivity index (χ0n) is 14.0. The lowest BCUT2D eigenvalue weighted by molar-refractivity contribution is 0.566. The molecule has 1 aliphatic carbocycles. The molecule has 26 heavy (non-hydrogen) atoms. The second kappa shape index (κ2) is 6.66. The summed E-state index contributed by atoms with van der Waals surface area (Å²) in [7, 11) is 0. The Morgan fingerprint density at radius 3 is 2.73 bits per heavy atom. The van der Waals surface area contributed by atoms with Gasteiger partial charge in [0.2, 0.25) is 11.9 Å². The molecule has 134 valence electrons. The highest BCUT2D eigenvalue weighted by atomic mass is 19.1. The number of hydrogen-bond acceptors (Lipinski definition) is 6. The highest BCUT2D eigenvalue weighted by molar-refractivity contribution is 5.49. The molecule has 3 aromatic rings. The fourth-order valence-electron chi connectivity index (χ4n) is 2.67. The molecule has 0 aliphatic heterocycles. The Kier molecular flexibility index (Phi) is 4.19. The molecular formula is C17H17F2N7. The monoisotopic (exact) mass is 357 g/mol. The number of nitrogens with one attached hydrogen (secondary N) is 3. The van der Waals surface area contributed by atoms with Crippen molar-refractivity contribution < 1.29 is 8.78 Å². The summed E-state index contributed by atoms with van der Waals surface area (Å²) in [4.78, 5) is 12.4. The zero-order valence-corrected chi connectivity index (χ0v) is 14.0. The minimum Gasteiger partial charge on any atom is -0.347 e. The molecule has 1 atom stereocenters. The van der Waals surface area contributed by atoms with Crippen molar-refractivity contribution in [2.75, 3.05) is 10.6 Å². The molecule has 3 N–H and O–H groups in total. The summed E-state index contributed by atoms with van der Waals surface area (Å²) in [5.41, 5.74) is 1.42. The Morgan fingerprint density at radius 1 is 1.15 bits per heavy atom.